The molecule has 1 amide bonds. The molecule has 0 saturated heterocycles. The van der Waals surface area contributed by atoms with E-state index in [9.17, 15) is 9.90 Å². The fourth-order valence-corrected chi connectivity index (χ4v) is 1.97. The van der Waals surface area contributed by atoms with Crippen molar-refractivity contribution >= 4 is 17.8 Å². The van der Waals surface area contributed by atoms with Crippen LogP contribution in [0.25, 0.3) is 0 Å². The van der Waals surface area contributed by atoms with Crippen molar-refractivity contribution in [3.05, 3.63) is 48.0 Å². The van der Waals surface area contributed by atoms with E-state index in [0.29, 0.717) is 17.1 Å². The monoisotopic (exact) mass is 329 g/mol. The van der Waals surface area contributed by atoms with Crippen LogP contribution in [0.4, 0.5) is 5.69 Å². The summed E-state index contributed by atoms with van der Waals surface area (Å²) in [6.07, 6.45) is 1.43. The molecule has 126 valence electrons. The van der Waals surface area contributed by atoms with E-state index in [1.807, 2.05) is 18.2 Å². The van der Waals surface area contributed by atoms with Crippen LogP contribution in [0.2, 0.25) is 0 Å². The maximum atomic E-state index is 11.8. The Morgan fingerprint density at radius 3 is 2.62 bits per heavy atom. The molecule has 0 spiro atoms. The first-order valence-electron chi connectivity index (χ1n) is 7.20. The first-order chi connectivity index (χ1) is 11.6. The topological polar surface area (TPSA) is 92.2 Å². The highest BCUT2D eigenvalue weighted by Gasteiger charge is 2.04. The number of hydrogen-bond acceptors (Lipinski definition) is 6. The molecule has 2 aromatic carbocycles. The zero-order valence-electron chi connectivity index (χ0n) is 13.4. The SMILES string of the molecule is COc1ccc(C=NNC(=O)CNc2ccccc2OC)cc1O. The van der Waals surface area contributed by atoms with Crippen molar-refractivity contribution in [1.29, 1.82) is 0 Å². The van der Waals surface area contributed by atoms with Gasteiger partial charge in [0.25, 0.3) is 5.91 Å². The average Bonchev–Trinajstić information content (AvgIpc) is 2.60. The molecule has 2 aromatic rings. The van der Waals surface area contributed by atoms with Crippen LogP contribution in [0.5, 0.6) is 17.2 Å². The number of anilines is 1. The highest BCUT2D eigenvalue weighted by molar-refractivity contribution is 5.85. The van der Waals surface area contributed by atoms with E-state index in [1.54, 1.807) is 25.3 Å². The van der Waals surface area contributed by atoms with E-state index < -0.39 is 0 Å². The quantitative estimate of drug-likeness (QED) is 0.533. The Labute approximate surface area is 139 Å². The Morgan fingerprint density at radius 2 is 1.92 bits per heavy atom. The number of amides is 1. The lowest BCUT2D eigenvalue weighted by Crippen LogP contribution is -2.26. The third-order valence-electron chi connectivity index (χ3n) is 3.15. The van der Waals surface area contributed by atoms with Crippen molar-refractivity contribution in [2.75, 3.05) is 26.1 Å². The third kappa shape index (κ3) is 4.64. The minimum absolute atomic E-state index is 0.00520. The zero-order chi connectivity index (χ0) is 17.4. The predicted octanol–water partition coefficient (Wildman–Crippen LogP) is 1.97. The number of phenolic OH excluding ortho intramolecular Hbond substituents is 1. The summed E-state index contributed by atoms with van der Waals surface area (Å²) in [4.78, 5) is 11.8. The zero-order valence-corrected chi connectivity index (χ0v) is 13.4. The van der Waals surface area contributed by atoms with E-state index in [-0.39, 0.29) is 18.2 Å². The molecule has 0 aliphatic heterocycles. The molecule has 0 aliphatic rings. The Balaban J connectivity index is 1.85. The van der Waals surface area contributed by atoms with Crippen molar-refractivity contribution in [3.63, 3.8) is 0 Å². The lowest BCUT2D eigenvalue weighted by atomic mass is 10.2. The number of benzene rings is 2. The molecule has 0 aromatic heterocycles. The number of rotatable bonds is 7. The van der Waals surface area contributed by atoms with Crippen LogP contribution in [-0.2, 0) is 4.79 Å². The average molecular weight is 329 g/mol. The molecule has 0 saturated carbocycles. The summed E-state index contributed by atoms with van der Waals surface area (Å²) < 4.78 is 10.1. The molecule has 24 heavy (non-hydrogen) atoms. The predicted molar refractivity (Wildman–Crippen MR) is 91.9 cm³/mol. The van der Waals surface area contributed by atoms with Gasteiger partial charge < -0.3 is 19.9 Å². The second-order valence-electron chi connectivity index (χ2n) is 4.78. The van der Waals surface area contributed by atoms with Gasteiger partial charge in [-0.05, 0) is 35.9 Å². The van der Waals surface area contributed by atoms with Crippen LogP contribution in [0.1, 0.15) is 5.56 Å². The fourth-order valence-electron chi connectivity index (χ4n) is 1.97. The summed E-state index contributed by atoms with van der Waals surface area (Å²) in [6.45, 7) is 0.0472. The Bertz CT molecular complexity index is 732. The number of methoxy groups -OCH3 is 2. The van der Waals surface area contributed by atoms with Crippen LogP contribution >= 0.6 is 0 Å². The summed E-state index contributed by atoms with van der Waals surface area (Å²) in [5.74, 6) is 0.722. The molecule has 0 heterocycles. The van der Waals surface area contributed by atoms with Crippen LogP contribution in [0.3, 0.4) is 0 Å². The van der Waals surface area contributed by atoms with Crippen molar-refractivity contribution in [1.82, 2.24) is 5.43 Å². The number of aromatic hydroxyl groups is 1. The number of carbonyl (C=O) groups is 1. The largest absolute Gasteiger partial charge is 0.504 e. The van der Waals surface area contributed by atoms with Crippen LogP contribution in [0, 0.1) is 0 Å². The molecule has 0 radical (unpaired) electrons. The first kappa shape index (κ1) is 17.1. The van der Waals surface area contributed by atoms with E-state index in [4.69, 9.17) is 9.47 Å². The molecular formula is C17H19N3O4. The standard InChI is InChI=1S/C17H19N3O4/c1-23-15-6-4-3-5-13(15)18-11-17(22)20-19-10-12-7-8-16(24-2)14(21)9-12/h3-10,18,21H,11H2,1-2H3,(H,20,22). The van der Waals surface area contributed by atoms with Gasteiger partial charge in [-0.15, -0.1) is 0 Å². The minimum atomic E-state index is -0.310. The van der Waals surface area contributed by atoms with Crippen molar-refractivity contribution in [3.8, 4) is 17.2 Å². The molecule has 0 unspecified atom stereocenters. The van der Waals surface area contributed by atoms with Crippen molar-refractivity contribution in [2.24, 2.45) is 5.10 Å². The summed E-state index contributed by atoms with van der Waals surface area (Å²) in [5.41, 5.74) is 3.75. The van der Waals surface area contributed by atoms with E-state index in [0.717, 1.165) is 5.69 Å². The molecule has 7 heteroatoms. The number of para-hydroxylation sites is 2. The molecule has 7 nitrogen and oxygen atoms in total. The van der Waals surface area contributed by atoms with E-state index >= 15 is 0 Å². The van der Waals surface area contributed by atoms with Gasteiger partial charge in [0.1, 0.15) is 5.75 Å². The fraction of sp³-hybridized carbons (Fsp3) is 0.176. The van der Waals surface area contributed by atoms with Gasteiger partial charge >= 0.3 is 0 Å². The van der Waals surface area contributed by atoms with Gasteiger partial charge in [0.15, 0.2) is 11.5 Å². The van der Waals surface area contributed by atoms with Gasteiger partial charge in [-0.25, -0.2) is 5.43 Å². The molecule has 0 bridgehead atoms. The number of nitrogens with one attached hydrogen (secondary N) is 2. The maximum Gasteiger partial charge on any atom is 0.259 e. The molecule has 0 aliphatic carbocycles. The molecule has 0 fully saturated rings. The van der Waals surface area contributed by atoms with Gasteiger partial charge in [-0.2, -0.15) is 5.10 Å². The van der Waals surface area contributed by atoms with Gasteiger partial charge in [-0.3, -0.25) is 4.79 Å². The molecule has 0 atom stereocenters. The minimum Gasteiger partial charge on any atom is -0.504 e. The third-order valence-corrected chi connectivity index (χ3v) is 3.15. The Morgan fingerprint density at radius 1 is 1.17 bits per heavy atom. The van der Waals surface area contributed by atoms with Crippen molar-refractivity contribution < 1.29 is 19.4 Å². The summed E-state index contributed by atoms with van der Waals surface area (Å²) in [5, 5.41) is 16.5. The van der Waals surface area contributed by atoms with Gasteiger partial charge in [-0.1, -0.05) is 12.1 Å². The summed E-state index contributed by atoms with van der Waals surface area (Å²) in [7, 11) is 3.03. The van der Waals surface area contributed by atoms with Crippen molar-refractivity contribution in [2.45, 2.75) is 0 Å². The smallest absolute Gasteiger partial charge is 0.259 e. The molecule has 3 N–H and O–H groups in total. The number of ether oxygens (including phenoxy) is 2. The van der Waals surface area contributed by atoms with Crippen LogP contribution in [-0.4, -0.2) is 38.0 Å². The second-order valence-corrected chi connectivity index (χ2v) is 4.78. The van der Waals surface area contributed by atoms with Crippen LogP contribution < -0.4 is 20.2 Å². The van der Waals surface area contributed by atoms with Gasteiger partial charge in [0.2, 0.25) is 0 Å². The molecular weight excluding hydrogens is 310 g/mol. The lowest BCUT2D eigenvalue weighted by molar-refractivity contribution is -0.119. The number of phenols is 1. The number of hydrazone groups is 1. The summed E-state index contributed by atoms with van der Waals surface area (Å²) >= 11 is 0. The van der Waals surface area contributed by atoms with Gasteiger partial charge in [0.05, 0.1) is 32.7 Å². The van der Waals surface area contributed by atoms with E-state index in [1.165, 1.54) is 19.4 Å². The Hall–Kier alpha value is -3.22. The maximum absolute atomic E-state index is 11.8. The highest BCUT2D eigenvalue weighted by Crippen LogP contribution is 2.25. The van der Waals surface area contributed by atoms with E-state index in [2.05, 4.69) is 15.8 Å². The van der Waals surface area contributed by atoms with Crippen LogP contribution in [0.15, 0.2) is 47.6 Å². The molecule has 2 rings (SSSR count). The summed E-state index contributed by atoms with van der Waals surface area (Å²) in [6, 6.07) is 12.1. The van der Waals surface area contributed by atoms with Gasteiger partial charge in [0, 0.05) is 0 Å². The number of hydrogen-bond donors (Lipinski definition) is 3. The second kappa shape index (κ2) is 8.42. The highest BCUT2D eigenvalue weighted by atomic mass is 16.5. The first-order valence-corrected chi connectivity index (χ1v) is 7.20. The number of nitrogens with zero attached hydrogens (tertiary/aromatic N) is 1. The lowest BCUT2D eigenvalue weighted by Gasteiger charge is -2.09. The normalized spacial score (nSPS) is 10.4. The Kier molecular flexibility index (Phi) is 6.01. The number of carbonyl (C=O) groups excluding carboxylic acids is 1.